The summed E-state index contributed by atoms with van der Waals surface area (Å²) in [6, 6.07) is 0.151. The summed E-state index contributed by atoms with van der Waals surface area (Å²) in [5, 5.41) is 6.11. The first-order chi connectivity index (χ1) is 9.16. The van der Waals surface area contributed by atoms with Gasteiger partial charge in [0.1, 0.15) is 0 Å². The molecule has 2 heterocycles. The van der Waals surface area contributed by atoms with Crippen molar-refractivity contribution in [3.8, 4) is 0 Å². The quantitative estimate of drug-likeness (QED) is 0.600. The lowest BCUT2D eigenvalue weighted by atomic mass is 10.1. The molecule has 2 aliphatic rings. The van der Waals surface area contributed by atoms with Gasteiger partial charge in [-0.05, 0) is 45.9 Å². The number of rotatable bonds is 1. The SMILES string of the molecule is CN1CCC(NC(=O)C(=O)N2CCCNCC2)CC1. The number of amides is 2. The van der Waals surface area contributed by atoms with Crippen molar-refractivity contribution in [1.82, 2.24) is 20.4 Å². The molecule has 2 N–H and O–H groups in total. The lowest BCUT2D eigenvalue weighted by Crippen LogP contribution is -2.50. The van der Waals surface area contributed by atoms with E-state index in [4.69, 9.17) is 0 Å². The van der Waals surface area contributed by atoms with E-state index in [1.807, 2.05) is 0 Å². The fourth-order valence-corrected chi connectivity index (χ4v) is 2.59. The molecule has 108 valence electrons. The Labute approximate surface area is 114 Å². The monoisotopic (exact) mass is 268 g/mol. The number of likely N-dealkylation sites (tertiary alicyclic amines) is 1. The first-order valence-corrected chi connectivity index (χ1v) is 7.16. The zero-order chi connectivity index (χ0) is 13.7. The van der Waals surface area contributed by atoms with E-state index in [-0.39, 0.29) is 11.9 Å². The van der Waals surface area contributed by atoms with E-state index in [0.29, 0.717) is 13.1 Å². The van der Waals surface area contributed by atoms with Gasteiger partial charge in [-0.15, -0.1) is 0 Å². The zero-order valence-electron chi connectivity index (χ0n) is 11.7. The molecule has 6 nitrogen and oxygen atoms in total. The Balaban J connectivity index is 1.79. The van der Waals surface area contributed by atoms with E-state index in [1.165, 1.54) is 0 Å². The summed E-state index contributed by atoms with van der Waals surface area (Å²) in [6.07, 6.45) is 2.77. The highest BCUT2D eigenvalue weighted by molar-refractivity contribution is 6.35. The van der Waals surface area contributed by atoms with Gasteiger partial charge in [0.25, 0.3) is 0 Å². The van der Waals surface area contributed by atoms with Crippen LogP contribution in [-0.4, -0.2) is 74.0 Å². The second-order valence-electron chi connectivity index (χ2n) is 5.45. The highest BCUT2D eigenvalue weighted by Gasteiger charge is 2.26. The number of nitrogens with one attached hydrogen (secondary N) is 2. The first kappa shape index (κ1) is 14.3. The first-order valence-electron chi connectivity index (χ1n) is 7.16. The summed E-state index contributed by atoms with van der Waals surface area (Å²) < 4.78 is 0. The van der Waals surface area contributed by atoms with Crippen LogP contribution in [0.2, 0.25) is 0 Å². The zero-order valence-corrected chi connectivity index (χ0v) is 11.7. The van der Waals surface area contributed by atoms with Crippen molar-refractivity contribution in [3.63, 3.8) is 0 Å². The number of hydrogen-bond acceptors (Lipinski definition) is 4. The molecule has 0 unspecified atom stereocenters. The highest BCUT2D eigenvalue weighted by Crippen LogP contribution is 2.08. The van der Waals surface area contributed by atoms with Crippen LogP contribution in [0.3, 0.4) is 0 Å². The molecule has 19 heavy (non-hydrogen) atoms. The van der Waals surface area contributed by atoms with Gasteiger partial charge in [-0.3, -0.25) is 9.59 Å². The minimum atomic E-state index is -0.434. The number of carbonyl (C=O) groups is 2. The van der Waals surface area contributed by atoms with Gasteiger partial charge in [0.05, 0.1) is 0 Å². The maximum Gasteiger partial charge on any atom is 0.311 e. The molecule has 0 aromatic rings. The predicted octanol–water partition coefficient (Wildman–Crippen LogP) is -0.981. The van der Waals surface area contributed by atoms with E-state index in [2.05, 4.69) is 22.6 Å². The normalized spacial score (nSPS) is 22.9. The third-order valence-corrected chi connectivity index (χ3v) is 3.88. The Bertz CT molecular complexity index is 319. The minimum absolute atomic E-state index is 0.151. The lowest BCUT2D eigenvalue weighted by Gasteiger charge is -2.30. The topological polar surface area (TPSA) is 64.7 Å². The molecule has 2 fully saturated rings. The molecule has 0 aromatic carbocycles. The third kappa shape index (κ3) is 4.18. The molecule has 0 bridgehead atoms. The molecule has 2 saturated heterocycles. The maximum absolute atomic E-state index is 12.1. The van der Waals surface area contributed by atoms with Crippen molar-refractivity contribution in [1.29, 1.82) is 0 Å². The summed E-state index contributed by atoms with van der Waals surface area (Å²) in [5.41, 5.74) is 0. The standard InChI is InChI=1S/C13H24N4O2/c1-16-8-3-11(4-9-16)15-12(18)13(19)17-7-2-5-14-6-10-17/h11,14H,2-10H2,1H3,(H,15,18). The van der Waals surface area contributed by atoms with Gasteiger partial charge in [0, 0.05) is 25.7 Å². The van der Waals surface area contributed by atoms with E-state index < -0.39 is 5.91 Å². The van der Waals surface area contributed by atoms with Gasteiger partial charge in [0.15, 0.2) is 0 Å². The van der Waals surface area contributed by atoms with E-state index in [9.17, 15) is 9.59 Å². The molecule has 2 rings (SSSR count). The van der Waals surface area contributed by atoms with Crippen LogP contribution in [0.1, 0.15) is 19.3 Å². The summed E-state index contributed by atoms with van der Waals surface area (Å²) >= 11 is 0. The summed E-state index contributed by atoms with van der Waals surface area (Å²) in [6.45, 7) is 4.94. The Kier molecular flexibility index (Phi) is 5.15. The second-order valence-corrected chi connectivity index (χ2v) is 5.45. The van der Waals surface area contributed by atoms with E-state index >= 15 is 0 Å². The Morgan fingerprint density at radius 2 is 1.84 bits per heavy atom. The van der Waals surface area contributed by atoms with Crippen LogP contribution in [-0.2, 0) is 9.59 Å². The van der Waals surface area contributed by atoms with Crippen molar-refractivity contribution < 1.29 is 9.59 Å². The second kappa shape index (κ2) is 6.86. The van der Waals surface area contributed by atoms with Crippen LogP contribution in [0.25, 0.3) is 0 Å². The number of nitrogens with zero attached hydrogens (tertiary/aromatic N) is 2. The van der Waals surface area contributed by atoms with E-state index in [0.717, 1.165) is 45.4 Å². The average molecular weight is 268 g/mol. The highest BCUT2D eigenvalue weighted by atomic mass is 16.2. The molecule has 6 heteroatoms. The van der Waals surface area contributed by atoms with Crippen molar-refractivity contribution in [2.45, 2.75) is 25.3 Å². The van der Waals surface area contributed by atoms with Crippen molar-refractivity contribution in [2.24, 2.45) is 0 Å². The summed E-state index contributed by atoms with van der Waals surface area (Å²) in [4.78, 5) is 27.9. The molecule has 0 aliphatic carbocycles. The smallest absolute Gasteiger partial charge is 0.311 e. The van der Waals surface area contributed by atoms with Gasteiger partial charge >= 0.3 is 11.8 Å². The van der Waals surface area contributed by atoms with Crippen molar-refractivity contribution in [2.75, 3.05) is 46.3 Å². The van der Waals surface area contributed by atoms with Crippen molar-refractivity contribution in [3.05, 3.63) is 0 Å². The fourth-order valence-electron chi connectivity index (χ4n) is 2.59. The molecule has 0 saturated carbocycles. The van der Waals surface area contributed by atoms with Gasteiger partial charge < -0.3 is 20.4 Å². The fraction of sp³-hybridized carbons (Fsp3) is 0.846. The summed E-state index contributed by atoms with van der Waals surface area (Å²) in [5.74, 6) is -0.806. The minimum Gasteiger partial charge on any atom is -0.345 e. The van der Waals surface area contributed by atoms with Crippen LogP contribution in [0.15, 0.2) is 0 Å². The molecule has 2 amide bonds. The summed E-state index contributed by atoms with van der Waals surface area (Å²) in [7, 11) is 2.08. The molecule has 0 spiro atoms. The van der Waals surface area contributed by atoms with Crippen molar-refractivity contribution >= 4 is 11.8 Å². The van der Waals surface area contributed by atoms with Crippen LogP contribution >= 0.6 is 0 Å². The Hall–Kier alpha value is -1.14. The number of piperidine rings is 1. The van der Waals surface area contributed by atoms with Gasteiger partial charge in [-0.2, -0.15) is 0 Å². The molecule has 2 aliphatic heterocycles. The lowest BCUT2D eigenvalue weighted by molar-refractivity contribution is -0.146. The van der Waals surface area contributed by atoms with Crippen LogP contribution < -0.4 is 10.6 Å². The van der Waals surface area contributed by atoms with Gasteiger partial charge in [0.2, 0.25) is 0 Å². The maximum atomic E-state index is 12.1. The molecule has 0 atom stereocenters. The Morgan fingerprint density at radius 3 is 2.58 bits per heavy atom. The van der Waals surface area contributed by atoms with Crippen LogP contribution in [0, 0.1) is 0 Å². The molecule has 0 aromatic heterocycles. The van der Waals surface area contributed by atoms with Crippen LogP contribution in [0.5, 0.6) is 0 Å². The molecule has 0 radical (unpaired) electrons. The Morgan fingerprint density at radius 1 is 1.11 bits per heavy atom. The molecular formula is C13H24N4O2. The predicted molar refractivity (Wildman–Crippen MR) is 72.7 cm³/mol. The third-order valence-electron chi connectivity index (χ3n) is 3.88. The van der Waals surface area contributed by atoms with Crippen LogP contribution in [0.4, 0.5) is 0 Å². The number of carbonyl (C=O) groups excluding carboxylic acids is 2. The van der Waals surface area contributed by atoms with Gasteiger partial charge in [-0.1, -0.05) is 0 Å². The van der Waals surface area contributed by atoms with E-state index in [1.54, 1.807) is 4.90 Å². The van der Waals surface area contributed by atoms with Gasteiger partial charge in [-0.25, -0.2) is 0 Å². The largest absolute Gasteiger partial charge is 0.345 e. The average Bonchev–Trinajstić information content (AvgIpc) is 2.69. The molecular weight excluding hydrogens is 244 g/mol. The number of hydrogen-bond donors (Lipinski definition) is 2.